The third-order valence-corrected chi connectivity index (χ3v) is 4.73. The second-order valence-electron chi connectivity index (χ2n) is 5.79. The van der Waals surface area contributed by atoms with E-state index in [-0.39, 0.29) is 5.38 Å². The molecule has 1 aromatic rings. The van der Waals surface area contributed by atoms with E-state index >= 15 is 0 Å². The smallest absolute Gasteiger partial charge is 0.121 e. The van der Waals surface area contributed by atoms with Gasteiger partial charge in [-0.05, 0) is 36.5 Å². The lowest BCUT2D eigenvalue weighted by Gasteiger charge is -2.19. The lowest BCUT2D eigenvalue weighted by Crippen LogP contribution is -2.04. The highest BCUT2D eigenvalue weighted by atomic mass is 35.5. The Balaban J connectivity index is 1.98. The number of alkyl halides is 1. The second-order valence-corrected chi connectivity index (χ2v) is 6.32. The van der Waals surface area contributed by atoms with Crippen LogP contribution in [0.4, 0.5) is 0 Å². The molecule has 0 N–H and O–H groups in total. The summed E-state index contributed by atoms with van der Waals surface area (Å²) in [6, 6.07) is 6.32. The summed E-state index contributed by atoms with van der Waals surface area (Å²) in [7, 11) is 1.71. The first kappa shape index (κ1) is 14.7. The van der Waals surface area contributed by atoms with E-state index in [1.807, 2.05) is 6.07 Å². The van der Waals surface area contributed by atoms with Crippen LogP contribution in [0.3, 0.4) is 0 Å². The molecule has 1 aliphatic rings. The Morgan fingerprint density at radius 3 is 2.47 bits per heavy atom. The van der Waals surface area contributed by atoms with Gasteiger partial charge in [0.1, 0.15) is 5.75 Å². The number of halogens is 1. The largest absolute Gasteiger partial charge is 0.496 e. The predicted octanol–water partition coefficient (Wildman–Crippen LogP) is 5.64. The molecule has 0 aromatic heterocycles. The lowest BCUT2D eigenvalue weighted by molar-refractivity contribution is 0.410. The molecule has 1 unspecified atom stereocenters. The fraction of sp³-hybridized carbons (Fsp3) is 0.647. The minimum Gasteiger partial charge on any atom is -0.496 e. The van der Waals surface area contributed by atoms with Gasteiger partial charge in [0.15, 0.2) is 0 Å². The van der Waals surface area contributed by atoms with Crippen LogP contribution in [-0.2, 0) is 0 Å². The third kappa shape index (κ3) is 4.14. The predicted molar refractivity (Wildman–Crippen MR) is 82.1 cm³/mol. The highest BCUT2D eigenvalue weighted by molar-refractivity contribution is 6.20. The first-order valence-electron chi connectivity index (χ1n) is 7.49. The topological polar surface area (TPSA) is 9.23 Å². The zero-order chi connectivity index (χ0) is 13.7. The fourth-order valence-corrected chi connectivity index (χ4v) is 3.51. The molecule has 1 atom stereocenters. The highest BCUT2D eigenvalue weighted by Crippen LogP contribution is 2.35. The molecule has 0 spiro atoms. The molecule has 1 aliphatic carbocycles. The van der Waals surface area contributed by atoms with Crippen molar-refractivity contribution in [3.8, 4) is 5.75 Å². The first-order chi connectivity index (χ1) is 9.20. The van der Waals surface area contributed by atoms with Crippen molar-refractivity contribution in [3.05, 3.63) is 29.3 Å². The number of benzene rings is 1. The fourth-order valence-electron chi connectivity index (χ4n) is 3.12. The van der Waals surface area contributed by atoms with E-state index in [0.717, 1.165) is 18.1 Å². The average molecular weight is 281 g/mol. The lowest BCUT2D eigenvalue weighted by atomic mass is 9.92. The van der Waals surface area contributed by atoms with Crippen LogP contribution < -0.4 is 4.74 Å². The van der Waals surface area contributed by atoms with E-state index < -0.39 is 0 Å². The summed E-state index contributed by atoms with van der Waals surface area (Å²) in [5.41, 5.74) is 2.41. The minimum atomic E-state index is 0.146. The summed E-state index contributed by atoms with van der Waals surface area (Å²) < 4.78 is 5.30. The Labute approximate surface area is 122 Å². The normalized spacial score (nSPS) is 18.9. The van der Waals surface area contributed by atoms with Crippen molar-refractivity contribution in [3.63, 3.8) is 0 Å². The van der Waals surface area contributed by atoms with Gasteiger partial charge in [-0.2, -0.15) is 0 Å². The Morgan fingerprint density at radius 2 is 1.89 bits per heavy atom. The highest BCUT2D eigenvalue weighted by Gasteiger charge is 2.18. The van der Waals surface area contributed by atoms with Crippen LogP contribution in [0.5, 0.6) is 5.75 Å². The minimum absolute atomic E-state index is 0.146. The standard InChI is InChI=1S/C17H25ClO/c1-13-11-15(9-10-17(13)19-2)16(18)12-14-7-5-3-4-6-8-14/h9-11,14,16H,3-8,12H2,1-2H3. The van der Waals surface area contributed by atoms with Crippen LogP contribution in [0.1, 0.15) is 61.4 Å². The van der Waals surface area contributed by atoms with E-state index in [9.17, 15) is 0 Å². The Hall–Kier alpha value is -0.690. The van der Waals surface area contributed by atoms with E-state index in [2.05, 4.69) is 19.1 Å². The molecule has 0 aliphatic heterocycles. The molecule has 0 saturated heterocycles. The molecule has 2 heteroatoms. The van der Waals surface area contributed by atoms with Gasteiger partial charge in [0, 0.05) is 0 Å². The van der Waals surface area contributed by atoms with Crippen LogP contribution in [0.2, 0.25) is 0 Å². The Kier molecular flexibility index (Phi) is 5.57. The molecule has 2 rings (SSSR count). The molecule has 1 aromatic carbocycles. The van der Waals surface area contributed by atoms with Crippen molar-refractivity contribution in [1.82, 2.24) is 0 Å². The summed E-state index contributed by atoms with van der Waals surface area (Å²) in [5.74, 6) is 1.76. The number of hydrogen-bond acceptors (Lipinski definition) is 1. The molecule has 0 radical (unpaired) electrons. The summed E-state index contributed by atoms with van der Waals surface area (Å²) >= 11 is 6.62. The summed E-state index contributed by atoms with van der Waals surface area (Å²) in [6.45, 7) is 2.08. The van der Waals surface area contributed by atoms with Gasteiger partial charge in [-0.15, -0.1) is 11.6 Å². The number of hydrogen-bond donors (Lipinski definition) is 0. The van der Waals surface area contributed by atoms with Gasteiger partial charge in [-0.25, -0.2) is 0 Å². The molecule has 1 nitrogen and oxygen atoms in total. The summed E-state index contributed by atoms with van der Waals surface area (Å²) in [5, 5.41) is 0.146. The molecule has 0 amide bonds. The van der Waals surface area contributed by atoms with Gasteiger partial charge >= 0.3 is 0 Å². The van der Waals surface area contributed by atoms with Crippen molar-refractivity contribution < 1.29 is 4.74 Å². The van der Waals surface area contributed by atoms with E-state index in [4.69, 9.17) is 16.3 Å². The van der Waals surface area contributed by atoms with Crippen molar-refractivity contribution in [1.29, 1.82) is 0 Å². The van der Waals surface area contributed by atoms with Gasteiger partial charge in [0.2, 0.25) is 0 Å². The van der Waals surface area contributed by atoms with Crippen LogP contribution in [-0.4, -0.2) is 7.11 Å². The van der Waals surface area contributed by atoms with Gasteiger partial charge in [0.25, 0.3) is 0 Å². The average Bonchev–Trinajstić information content (AvgIpc) is 2.67. The maximum absolute atomic E-state index is 6.62. The van der Waals surface area contributed by atoms with Crippen molar-refractivity contribution >= 4 is 11.6 Å². The number of methoxy groups -OCH3 is 1. The molecule has 0 heterocycles. The summed E-state index contributed by atoms with van der Waals surface area (Å²) in [4.78, 5) is 0. The van der Waals surface area contributed by atoms with Gasteiger partial charge < -0.3 is 4.74 Å². The van der Waals surface area contributed by atoms with E-state index in [1.165, 1.54) is 49.7 Å². The number of rotatable bonds is 4. The third-order valence-electron chi connectivity index (χ3n) is 4.30. The molecule has 1 saturated carbocycles. The zero-order valence-electron chi connectivity index (χ0n) is 12.1. The maximum Gasteiger partial charge on any atom is 0.121 e. The quantitative estimate of drug-likeness (QED) is 0.512. The van der Waals surface area contributed by atoms with Crippen LogP contribution in [0, 0.1) is 12.8 Å². The summed E-state index contributed by atoms with van der Waals surface area (Å²) in [6.07, 6.45) is 9.42. The van der Waals surface area contributed by atoms with Crippen molar-refractivity contribution in [2.75, 3.05) is 7.11 Å². The van der Waals surface area contributed by atoms with Gasteiger partial charge in [-0.1, -0.05) is 50.7 Å². The van der Waals surface area contributed by atoms with E-state index in [1.54, 1.807) is 7.11 Å². The molecular formula is C17H25ClO. The Bertz CT molecular complexity index is 394. The zero-order valence-corrected chi connectivity index (χ0v) is 12.9. The number of aryl methyl sites for hydroxylation is 1. The van der Waals surface area contributed by atoms with Crippen LogP contribution in [0.25, 0.3) is 0 Å². The molecule has 106 valence electrons. The van der Waals surface area contributed by atoms with Crippen molar-refractivity contribution in [2.45, 2.75) is 57.2 Å². The Morgan fingerprint density at radius 1 is 1.21 bits per heavy atom. The first-order valence-corrected chi connectivity index (χ1v) is 7.93. The van der Waals surface area contributed by atoms with Crippen LogP contribution >= 0.6 is 11.6 Å². The van der Waals surface area contributed by atoms with Gasteiger partial charge in [0.05, 0.1) is 12.5 Å². The molecular weight excluding hydrogens is 256 g/mol. The monoisotopic (exact) mass is 280 g/mol. The van der Waals surface area contributed by atoms with Crippen LogP contribution in [0.15, 0.2) is 18.2 Å². The second kappa shape index (κ2) is 7.19. The molecule has 1 fully saturated rings. The number of ether oxygens (including phenoxy) is 1. The van der Waals surface area contributed by atoms with E-state index in [0.29, 0.717) is 0 Å². The van der Waals surface area contributed by atoms with Gasteiger partial charge in [-0.3, -0.25) is 0 Å². The SMILES string of the molecule is COc1ccc(C(Cl)CC2CCCCCC2)cc1C. The maximum atomic E-state index is 6.62. The van der Waals surface area contributed by atoms with Crippen molar-refractivity contribution in [2.24, 2.45) is 5.92 Å². The molecule has 0 bridgehead atoms. The molecule has 19 heavy (non-hydrogen) atoms.